The number of carboxylic acids is 1. The van der Waals surface area contributed by atoms with Crippen LogP contribution in [0, 0.1) is 0 Å². The quantitative estimate of drug-likeness (QED) is 0.252. The van der Waals surface area contributed by atoms with Crippen molar-refractivity contribution >= 4 is 41.5 Å². The maximum Gasteiger partial charge on any atom is 0.328 e. The van der Waals surface area contributed by atoms with E-state index in [1.54, 1.807) is 31.3 Å². The van der Waals surface area contributed by atoms with Crippen LogP contribution in [0.25, 0.3) is 22.1 Å². The van der Waals surface area contributed by atoms with Gasteiger partial charge in [-0.15, -0.1) is 0 Å². The Morgan fingerprint density at radius 1 is 1.18 bits per heavy atom. The van der Waals surface area contributed by atoms with Crippen LogP contribution in [0.2, 0.25) is 0 Å². The predicted molar refractivity (Wildman–Crippen MR) is 116 cm³/mol. The first kappa shape index (κ1) is 22.6. The number of halogens is 1. The third kappa shape index (κ3) is 4.63. The lowest BCUT2D eigenvalue weighted by atomic mass is 10.1. The van der Waals surface area contributed by atoms with Crippen molar-refractivity contribution in [2.75, 3.05) is 6.16 Å². The van der Waals surface area contributed by atoms with Crippen LogP contribution in [0.15, 0.2) is 42.5 Å². The van der Waals surface area contributed by atoms with Crippen molar-refractivity contribution in [3.63, 3.8) is 0 Å². The minimum Gasteiger partial charge on any atom is -0.480 e. The van der Waals surface area contributed by atoms with E-state index in [2.05, 4.69) is 20.3 Å². The number of carboxylic acid groups (broad SMARTS) is 1. The molecule has 0 saturated heterocycles. The Morgan fingerprint density at radius 2 is 1.91 bits per heavy atom. The molecule has 2 atom stereocenters. The number of nitrogens with zero attached hydrogens (tertiary/aromatic N) is 3. The highest BCUT2D eigenvalue weighted by molar-refractivity contribution is 7.51. The molecule has 0 saturated carbocycles. The number of rotatable bonds is 7. The van der Waals surface area contributed by atoms with Gasteiger partial charge in [-0.1, -0.05) is 12.1 Å². The third-order valence-electron chi connectivity index (χ3n) is 5.08. The molecule has 0 aliphatic heterocycles. The fourth-order valence-corrected chi connectivity index (χ4v) is 4.18. The number of fused-ring (bicyclic) bond motifs is 2. The van der Waals surface area contributed by atoms with Gasteiger partial charge in [0.05, 0.1) is 28.2 Å². The van der Waals surface area contributed by atoms with Crippen LogP contribution in [0.4, 0.5) is 4.39 Å². The molecule has 4 rings (SSSR count). The van der Waals surface area contributed by atoms with Crippen LogP contribution in [0.1, 0.15) is 28.2 Å². The van der Waals surface area contributed by atoms with E-state index >= 15 is 4.39 Å². The lowest BCUT2D eigenvalue weighted by Crippen LogP contribution is -2.43. The summed E-state index contributed by atoms with van der Waals surface area (Å²) < 4.78 is 27.9. The predicted octanol–water partition coefficient (Wildman–Crippen LogP) is 1.87. The molecule has 13 heteroatoms. The zero-order valence-corrected chi connectivity index (χ0v) is 18.0. The number of benzene rings is 2. The molecule has 33 heavy (non-hydrogen) atoms. The fourth-order valence-electron chi connectivity index (χ4n) is 3.46. The van der Waals surface area contributed by atoms with E-state index in [1.165, 1.54) is 22.8 Å². The lowest BCUT2D eigenvalue weighted by molar-refractivity contribution is -0.138. The molecule has 1 amide bonds. The summed E-state index contributed by atoms with van der Waals surface area (Å²) in [5.74, 6) is -2.31. The second kappa shape index (κ2) is 8.39. The molecule has 0 aliphatic carbocycles. The Bertz CT molecular complexity index is 1390. The minimum atomic E-state index is -4.68. The molecule has 0 spiro atoms. The van der Waals surface area contributed by atoms with Crippen molar-refractivity contribution in [3.05, 3.63) is 59.7 Å². The minimum absolute atomic E-state index is 0.0214. The molecule has 11 nitrogen and oxygen atoms in total. The zero-order chi connectivity index (χ0) is 23.9. The molecule has 5 N–H and O–H groups in total. The third-order valence-corrected chi connectivity index (χ3v) is 5.92. The van der Waals surface area contributed by atoms with Gasteiger partial charge in [-0.3, -0.25) is 9.36 Å². The first-order valence-corrected chi connectivity index (χ1v) is 11.5. The van der Waals surface area contributed by atoms with Gasteiger partial charge in [-0.05, 0) is 30.3 Å². The molecule has 2 unspecified atom stereocenters. The van der Waals surface area contributed by atoms with Crippen LogP contribution in [-0.4, -0.2) is 58.5 Å². The number of aromatic amines is 1. The van der Waals surface area contributed by atoms with E-state index in [1.807, 2.05) is 0 Å². The summed E-state index contributed by atoms with van der Waals surface area (Å²) in [6, 6.07) is 9.55. The summed E-state index contributed by atoms with van der Waals surface area (Å²) in [5.41, 5.74) is 2.10. The summed E-state index contributed by atoms with van der Waals surface area (Å²) in [6.07, 6.45) is -2.72. The Hall–Kier alpha value is -3.60. The van der Waals surface area contributed by atoms with Crippen molar-refractivity contribution in [2.24, 2.45) is 7.05 Å². The molecule has 172 valence electrons. The average Bonchev–Trinajstić information content (AvgIpc) is 3.33. The second-order valence-electron chi connectivity index (χ2n) is 7.45. The lowest BCUT2D eigenvalue weighted by Gasteiger charge is -2.15. The van der Waals surface area contributed by atoms with Crippen LogP contribution >= 0.6 is 7.60 Å². The van der Waals surface area contributed by atoms with E-state index in [-0.39, 0.29) is 17.2 Å². The fraction of sp³-hybridized carbons (Fsp3) is 0.200. The Morgan fingerprint density at radius 3 is 2.58 bits per heavy atom. The second-order valence-corrected chi connectivity index (χ2v) is 9.14. The highest BCUT2D eigenvalue weighted by Gasteiger charge is 2.29. The normalized spacial score (nSPS) is 13.8. The molecule has 0 bridgehead atoms. The topological polar surface area (TPSA) is 170 Å². The van der Waals surface area contributed by atoms with Crippen LogP contribution in [0.5, 0.6) is 0 Å². The molecule has 4 aromatic rings. The number of hydrogen-bond acceptors (Lipinski definition) is 5. The summed E-state index contributed by atoms with van der Waals surface area (Å²) in [4.78, 5) is 53.3. The number of imidazole rings is 2. The number of aromatic nitrogens is 4. The number of H-pyrrole nitrogens is 1. The van der Waals surface area contributed by atoms with Gasteiger partial charge >= 0.3 is 13.6 Å². The van der Waals surface area contributed by atoms with Crippen molar-refractivity contribution < 1.29 is 33.4 Å². The maximum atomic E-state index is 15.3. The number of amides is 1. The summed E-state index contributed by atoms with van der Waals surface area (Å²) >= 11 is 0. The van der Waals surface area contributed by atoms with E-state index in [0.717, 1.165) is 0 Å². The number of hydrogen-bond donors (Lipinski definition) is 5. The first-order valence-electron chi connectivity index (χ1n) is 9.67. The molecule has 2 aromatic carbocycles. The van der Waals surface area contributed by atoms with Crippen molar-refractivity contribution in [3.8, 4) is 0 Å². The van der Waals surface area contributed by atoms with Crippen LogP contribution in [-0.2, 0) is 16.4 Å². The van der Waals surface area contributed by atoms with Gasteiger partial charge in [0.1, 0.15) is 11.9 Å². The number of aliphatic carboxylic acids is 1. The Balaban J connectivity index is 1.63. The largest absolute Gasteiger partial charge is 0.480 e. The van der Waals surface area contributed by atoms with Crippen LogP contribution in [0.3, 0.4) is 0 Å². The van der Waals surface area contributed by atoms with Gasteiger partial charge in [-0.25, -0.2) is 19.2 Å². The van der Waals surface area contributed by atoms with Gasteiger partial charge < -0.3 is 29.8 Å². The monoisotopic (exact) mass is 475 g/mol. The molecule has 2 aromatic heterocycles. The summed E-state index contributed by atoms with van der Waals surface area (Å²) in [5, 5.41) is 11.2. The van der Waals surface area contributed by atoms with E-state index < -0.39 is 37.8 Å². The van der Waals surface area contributed by atoms with E-state index in [0.29, 0.717) is 22.1 Å². The molecular formula is C20H19FN5O6P. The number of para-hydroxylation sites is 2. The van der Waals surface area contributed by atoms with Crippen molar-refractivity contribution in [1.29, 1.82) is 0 Å². The zero-order valence-electron chi connectivity index (χ0n) is 17.1. The van der Waals surface area contributed by atoms with Crippen molar-refractivity contribution in [1.82, 2.24) is 24.8 Å². The van der Waals surface area contributed by atoms with Gasteiger partial charge in [0.25, 0.3) is 5.91 Å². The summed E-state index contributed by atoms with van der Waals surface area (Å²) in [7, 11) is -3.11. The van der Waals surface area contributed by atoms with Gasteiger partial charge in [-0.2, -0.15) is 0 Å². The van der Waals surface area contributed by atoms with Crippen molar-refractivity contribution in [2.45, 2.75) is 12.2 Å². The number of aryl methyl sites for hydroxylation is 1. The van der Waals surface area contributed by atoms with Crippen LogP contribution < -0.4 is 5.32 Å². The SMILES string of the molecule is Cn1c(C(F)c2nc3ccccc3[nH]2)nc2ccc(C(=O)NC(CP(=O)(O)O)C(=O)O)cc21. The Kier molecular flexibility index (Phi) is 5.75. The van der Waals surface area contributed by atoms with Gasteiger partial charge in [0, 0.05) is 12.6 Å². The van der Waals surface area contributed by atoms with E-state index in [4.69, 9.17) is 14.9 Å². The number of nitrogens with one attached hydrogen (secondary N) is 2. The molecule has 2 heterocycles. The highest BCUT2D eigenvalue weighted by atomic mass is 31.2. The first-order chi connectivity index (χ1) is 15.5. The molecule has 0 fully saturated rings. The Labute approximate surface area is 185 Å². The van der Waals surface area contributed by atoms with Gasteiger partial charge in [0.2, 0.25) is 6.17 Å². The number of carbonyl (C=O) groups excluding carboxylic acids is 1. The standard InChI is InChI=1S/C20H19FN5O6P/c1-26-15-8-10(19(27)25-14(20(28)29)9-33(30,31)32)6-7-13(15)24-18(26)16(21)17-22-11-4-2-3-5-12(11)23-17/h2-8,14,16H,9H2,1H3,(H,22,23)(H,25,27)(H,28,29)(H2,30,31,32). The number of alkyl halides is 1. The molecule has 0 radical (unpaired) electrons. The smallest absolute Gasteiger partial charge is 0.328 e. The summed E-state index contributed by atoms with van der Waals surface area (Å²) in [6.45, 7) is 0. The molecule has 0 aliphatic rings. The molecular weight excluding hydrogens is 456 g/mol. The number of carbonyl (C=O) groups is 2. The van der Waals surface area contributed by atoms with Gasteiger partial charge in [0.15, 0.2) is 5.82 Å². The maximum absolute atomic E-state index is 15.3. The van der Waals surface area contributed by atoms with E-state index in [9.17, 15) is 14.2 Å². The highest BCUT2D eigenvalue weighted by Crippen LogP contribution is 2.35. The average molecular weight is 475 g/mol.